The molecule has 0 fully saturated rings. The number of rotatable bonds is 1. The number of pyridine rings is 1. The molecule has 0 saturated carbocycles. The molecule has 0 unspecified atom stereocenters. The fourth-order valence-electron chi connectivity index (χ4n) is 1.39. The van der Waals surface area contributed by atoms with Crippen LogP contribution in [-0.2, 0) is 0 Å². The smallest absolute Gasteiger partial charge is 0.165 e. The predicted octanol–water partition coefficient (Wildman–Crippen LogP) is 1.83. The van der Waals surface area contributed by atoms with Gasteiger partial charge in [0.2, 0.25) is 0 Å². The average Bonchev–Trinajstić information content (AvgIpc) is 2.16. The summed E-state index contributed by atoms with van der Waals surface area (Å²) in [7, 11) is 0. The van der Waals surface area contributed by atoms with Crippen molar-refractivity contribution < 1.29 is 4.79 Å². The summed E-state index contributed by atoms with van der Waals surface area (Å²) in [5.41, 5.74) is 6.68. The predicted molar refractivity (Wildman–Crippen MR) is 55.8 cm³/mol. The number of ketones is 1. The Balaban J connectivity index is 2.84. The van der Waals surface area contributed by atoms with Gasteiger partial charge in [-0.2, -0.15) is 0 Å². The summed E-state index contributed by atoms with van der Waals surface area (Å²) in [5.74, 6) is 0.167. The first kappa shape index (κ1) is 8.69. The minimum atomic E-state index is -0.242. The first-order chi connectivity index (χ1) is 6.68. The van der Waals surface area contributed by atoms with Crippen molar-refractivity contribution in [3.05, 3.63) is 42.8 Å². The molecular formula is C11H9N2O. The summed E-state index contributed by atoms with van der Waals surface area (Å²) in [6.07, 6.45) is 0. The van der Waals surface area contributed by atoms with Crippen LogP contribution < -0.4 is 5.73 Å². The van der Waals surface area contributed by atoms with Gasteiger partial charge >= 0.3 is 0 Å². The fraction of sp³-hybridized carbons (Fsp3) is 0. The lowest BCUT2D eigenvalue weighted by molar-refractivity contribution is 0.104. The minimum Gasteiger partial charge on any atom is -0.384 e. The third kappa shape index (κ3) is 1.33. The van der Waals surface area contributed by atoms with E-state index in [0.717, 1.165) is 5.39 Å². The fourth-order valence-corrected chi connectivity index (χ4v) is 1.39. The van der Waals surface area contributed by atoms with E-state index in [9.17, 15) is 4.79 Å². The van der Waals surface area contributed by atoms with Crippen LogP contribution in [0, 0.1) is 6.92 Å². The molecule has 1 aromatic carbocycles. The molecule has 0 atom stereocenters. The number of hydrogen-bond acceptors (Lipinski definition) is 3. The molecule has 0 amide bonds. The number of fused-ring (bicyclic) bond motifs is 1. The molecule has 14 heavy (non-hydrogen) atoms. The van der Waals surface area contributed by atoms with E-state index < -0.39 is 0 Å². The summed E-state index contributed by atoms with van der Waals surface area (Å²) >= 11 is 0. The molecule has 0 saturated heterocycles. The van der Waals surface area contributed by atoms with Crippen molar-refractivity contribution in [2.45, 2.75) is 0 Å². The molecule has 0 spiro atoms. The molecule has 0 aliphatic rings. The maximum absolute atomic E-state index is 11.2. The maximum Gasteiger partial charge on any atom is 0.165 e. The zero-order chi connectivity index (χ0) is 10.1. The largest absolute Gasteiger partial charge is 0.384 e. The first-order valence-electron chi connectivity index (χ1n) is 4.20. The Hall–Kier alpha value is -1.90. The number of nitrogen functional groups attached to an aromatic ring is 1. The number of Topliss-reactive ketones (excluding diaryl/α,β-unsaturated/α-hetero) is 1. The molecule has 1 radical (unpaired) electrons. The SMILES string of the molecule is [CH2]C(=O)c1cccc2ccc(N)nc12. The van der Waals surface area contributed by atoms with Crippen molar-refractivity contribution in [3.63, 3.8) is 0 Å². The molecule has 3 nitrogen and oxygen atoms in total. The molecule has 1 aromatic heterocycles. The zero-order valence-corrected chi connectivity index (χ0v) is 7.53. The second-order valence-electron chi connectivity index (χ2n) is 3.04. The lowest BCUT2D eigenvalue weighted by atomic mass is 10.1. The normalized spacial score (nSPS) is 10.4. The van der Waals surface area contributed by atoms with Crippen molar-refractivity contribution in [2.24, 2.45) is 0 Å². The third-order valence-corrected chi connectivity index (χ3v) is 2.04. The Morgan fingerprint density at radius 2 is 2.07 bits per heavy atom. The summed E-state index contributed by atoms with van der Waals surface area (Å²) in [6.45, 7) is 3.37. The molecule has 1 heterocycles. The van der Waals surface area contributed by atoms with E-state index in [0.29, 0.717) is 16.9 Å². The van der Waals surface area contributed by atoms with Gasteiger partial charge in [0, 0.05) is 17.9 Å². The number of aromatic nitrogens is 1. The molecule has 2 rings (SSSR count). The summed E-state index contributed by atoms with van der Waals surface area (Å²) in [6, 6.07) is 8.93. The van der Waals surface area contributed by atoms with Crippen LogP contribution in [0.15, 0.2) is 30.3 Å². The van der Waals surface area contributed by atoms with E-state index in [2.05, 4.69) is 11.9 Å². The van der Waals surface area contributed by atoms with Crippen LogP contribution in [-0.4, -0.2) is 10.8 Å². The van der Waals surface area contributed by atoms with E-state index in [1.807, 2.05) is 12.1 Å². The molecule has 0 aliphatic heterocycles. The van der Waals surface area contributed by atoms with Gasteiger partial charge in [-0.25, -0.2) is 4.98 Å². The molecule has 2 N–H and O–H groups in total. The van der Waals surface area contributed by atoms with Crippen LogP contribution in [0.3, 0.4) is 0 Å². The topological polar surface area (TPSA) is 56.0 Å². The Kier molecular flexibility index (Phi) is 1.93. The Morgan fingerprint density at radius 1 is 1.29 bits per heavy atom. The standard InChI is InChI=1S/C11H9N2O/c1-7(14)9-4-2-3-8-5-6-10(12)13-11(8)9/h2-6H,1H2,(H2,12,13). The Labute approximate surface area is 81.6 Å². The Bertz CT molecular complexity index is 506. The zero-order valence-electron chi connectivity index (χ0n) is 7.53. The monoisotopic (exact) mass is 185 g/mol. The van der Waals surface area contributed by atoms with Gasteiger partial charge in [0.1, 0.15) is 5.82 Å². The van der Waals surface area contributed by atoms with Crippen molar-refractivity contribution in [1.82, 2.24) is 4.98 Å². The van der Waals surface area contributed by atoms with Gasteiger partial charge in [-0.1, -0.05) is 12.1 Å². The highest BCUT2D eigenvalue weighted by atomic mass is 16.1. The summed E-state index contributed by atoms with van der Waals surface area (Å²) in [4.78, 5) is 15.3. The van der Waals surface area contributed by atoms with Gasteiger partial charge in [-0.15, -0.1) is 0 Å². The van der Waals surface area contributed by atoms with Crippen LogP contribution in [0.5, 0.6) is 0 Å². The van der Waals surface area contributed by atoms with Crippen LogP contribution in [0.25, 0.3) is 10.9 Å². The molecular weight excluding hydrogens is 176 g/mol. The van der Waals surface area contributed by atoms with Gasteiger partial charge < -0.3 is 5.73 Å². The average molecular weight is 185 g/mol. The molecule has 69 valence electrons. The third-order valence-electron chi connectivity index (χ3n) is 2.04. The molecule has 0 aliphatic carbocycles. The summed E-state index contributed by atoms with van der Waals surface area (Å²) < 4.78 is 0. The van der Waals surface area contributed by atoms with Gasteiger partial charge in [0.15, 0.2) is 5.78 Å². The highest BCUT2D eigenvalue weighted by molar-refractivity contribution is 6.08. The van der Waals surface area contributed by atoms with E-state index >= 15 is 0 Å². The highest BCUT2D eigenvalue weighted by Crippen LogP contribution is 2.18. The number of nitrogens with two attached hydrogens (primary N) is 1. The van der Waals surface area contributed by atoms with Crippen LogP contribution in [0.1, 0.15) is 10.4 Å². The number of benzene rings is 1. The van der Waals surface area contributed by atoms with E-state index in [4.69, 9.17) is 5.73 Å². The second kappa shape index (κ2) is 3.10. The van der Waals surface area contributed by atoms with E-state index in [-0.39, 0.29) is 5.78 Å². The number of nitrogens with zero attached hydrogens (tertiary/aromatic N) is 1. The van der Waals surface area contributed by atoms with Crippen molar-refractivity contribution in [1.29, 1.82) is 0 Å². The maximum atomic E-state index is 11.2. The van der Waals surface area contributed by atoms with Crippen LogP contribution >= 0.6 is 0 Å². The molecule has 0 bridgehead atoms. The highest BCUT2D eigenvalue weighted by Gasteiger charge is 2.06. The van der Waals surface area contributed by atoms with Crippen LogP contribution in [0.4, 0.5) is 5.82 Å². The summed E-state index contributed by atoms with van der Waals surface area (Å²) in [5, 5.41) is 0.897. The van der Waals surface area contributed by atoms with Gasteiger partial charge in [-0.3, -0.25) is 4.79 Å². The number of carbonyl (C=O) groups is 1. The first-order valence-corrected chi connectivity index (χ1v) is 4.20. The van der Waals surface area contributed by atoms with Crippen LogP contribution in [0.2, 0.25) is 0 Å². The minimum absolute atomic E-state index is 0.242. The Morgan fingerprint density at radius 3 is 2.79 bits per heavy atom. The quantitative estimate of drug-likeness (QED) is 0.689. The van der Waals surface area contributed by atoms with Crippen molar-refractivity contribution >= 4 is 22.5 Å². The second-order valence-corrected chi connectivity index (χ2v) is 3.04. The number of para-hydroxylation sites is 1. The molecule has 3 heteroatoms. The van der Waals surface area contributed by atoms with Gasteiger partial charge in [-0.05, 0) is 18.2 Å². The number of hydrogen-bond donors (Lipinski definition) is 1. The van der Waals surface area contributed by atoms with Crippen molar-refractivity contribution in [3.8, 4) is 0 Å². The number of anilines is 1. The van der Waals surface area contributed by atoms with E-state index in [1.54, 1.807) is 18.2 Å². The number of carbonyl (C=O) groups excluding carboxylic acids is 1. The lowest BCUT2D eigenvalue weighted by Crippen LogP contribution is -1.97. The van der Waals surface area contributed by atoms with Crippen molar-refractivity contribution in [2.75, 3.05) is 5.73 Å². The van der Waals surface area contributed by atoms with E-state index in [1.165, 1.54) is 0 Å². The lowest BCUT2D eigenvalue weighted by Gasteiger charge is -2.02. The van der Waals surface area contributed by atoms with Gasteiger partial charge in [0.25, 0.3) is 0 Å². The van der Waals surface area contributed by atoms with Gasteiger partial charge in [0.05, 0.1) is 5.52 Å². The molecule has 2 aromatic rings.